The molecule has 3 rings (SSSR count). The Morgan fingerprint density at radius 3 is 2.38 bits per heavy atom. The highest BCUT2D eigenvalue weighted by molar-refractivity contribution is 6.00. The molecule has 0 saturated carbocycles. The minimum Gasteiger partial charge on any atom is -0.497 e. The van der Waals surface area contributed by atoms with Crippen molar-refractivity contribution >= 4 is 28.7 Å². The van der Waals surface area contributed by atoms with Crippen LogP contribution in [0, 0.1) is 6.92 Å². The van der Waals surface area contributed by atoms with Gasteiger partial charge in [-0.2, -0.15) is 4.98 Å². The van der Waals surface area contributed by atoms with Gasteiger partial charge in [0.05, 0.1) is 20.8 Å². The first-order valence-electron chi connectivity index (χ1n) is 9.94. The quantitative estimate of drug-likeness (QED) is 0.520. The van der Waals surface area contributed by atoms with E-state index in [0.717, 1.165) is 0 Å². The SMILES string of the molecule is CCOC(=O)c1noc2nc(C)n([C@H](CC)C(=O)Nc3cc(OC)cc(OC)c3)c(=O)c12. The number of nitrogens with one attached hydrogen (secondary N) is 1. The summed E-state index contributed by atoms with van der Waals surface area (Å²) in [6, 6.07) is 4.01. The van der Waals surface area contributed by atoms with Gasteiger partial charge in [-0.15, -0.1) is 0 Å². The summed E-state index contributed by atoms with van der Waals surface area (Å²) in [6.45, 7) is 5.06. The van der Waals surface area contributed by atoms with Crippen LogP contribution in [0.25, 0.3) is 11.1 Å². The van der Waals surface area contributed by atoms with Gasteiger partial charge in [-0.25, -0.2) is 4.79 Å². The predicted molar refractivity (Wildman–Crippen MR) is 114 cm³/mol. The second-order valence-corrected chi connectivity index (χ2v) is 6.78. The fraction of sp³-hybridized carbons (Fsp3) is 0.381. The summed E-state index contributed by atoms with van der Waals surface area (Å²) in [6.07, 6.45) is 0.279. The van der Waals surface area contributed by atoms with Gasteiger partial charge < -0.3 is 24.1 Å². The number of aromatic nitrogens is 3. The van der Waals surface area contributed by atoms with E-state index in [0.29, 0.717) is 17.2 Å². The molecule has 1 aromatic carbocycles. The van der Waals surface area contributed by atoms with Crippen molar-refractivity contribution in [3.63, 3.8) is 0 Å². The lowest BCUT2D eigenvalue weighted by Gasteiger charge is -2.20. The molecule has 0 radical (unpaired) electrons. The zero-order valence-electron chi connectivity index (χ0n) is 18.4. The summed E-state index contributed by atoms with van der Waals surface area (Å²) in [4.78, 5) is 42.8. The highest BCUT2D eigenvalue weighted by atomic mass is 16.5. The second kappa shape index (κ2) is 9.50. The van der Waals surface area contributed by atoms with E-state index < -0.39 is 23.5 Å². The van der Waals surface area contributed by atoms with Crippen LogP contribution in [-0.2, 0) is 9.53 Å². The molecule has 0 aliphatic carbocycles. The van der Waals surface area contributed by atoms with E-state index in [4.69, 9.17) is 18.7 Å². The van der Waals surface area contributed by atoms with Crippen LogP contribution in [0.15, 0.2) is 27.5 Å². The van der Waals surface area contributed by atoms with Crippen molar-refractivity contribution in [3.05, 3.63) is 40.1 Å². The molecular weight excluding hydrogens is 420 g/mol. The first-order valence-corrected chi connectivity index (χ1v) is 9.94. The minimum absolute atomic E-state index is 0.0976. The number of carbonyl (C=O) groups is 2. The number of hydrogen-bond acceptors (Lipinski definition) is 9. The predicted octanol–water partition coefficient (Wildman–Crippen LogP) is 2.48. The molecule has 0 spiro atoms. The normalized spacial score (nSPS) is 11.8. The molecule has 11 nitrogen and oxygen atoms in total. The topological polar surface area (TPSA) is 135 Å². The number of carbonyl (C=O) groups excluding carboxylic acids is 2. The number of aryl methyl sites for hydroxylation is 1. The molecule has 1 N–H and O–H groups in total. The molecule has 0 aliphatic heterocycles. The molecule has 0 unspecified atom stereocenters. The average Bonchev–Trinajstić information content (AvgIpc) is 3.20. The van der Waals surface area contributed by atoms with Gasteiger partial charge in [0.2, 0.25) is 11.6 Å². The molecular formula is C21H24N4O7. The molecule has 32 heavy (non-hydrogen) atoms. The number of ether oxygens (including phenoxy) is 3. The summed E-state index contributed by atoms with van der Waals surface area (Å²) in [5, 5.41) is 6.28. The fourth-order valence-electron chi connectivity index (χ4n) is 3.32. The zero-order valence-corrected chi connectivity index (χ0v) is 18.4. The van der Waals surface area contributed by atoms with Gasteiger partial charge in [0.25, 0.3) is 11.3 Å². The molecule has 0 saturated heterocycles. The van der Waals surface area contributed by atoms with E-state index >= 15 is 0 Å². The Balaban J connectivity index is 2.04. The zero-order chi connectivity index (χ0) is 23.4. The summed E-state index contributed by atoms with van der Waals surface area (Å²) in [7, 11) is 3.00. The van der Waals surface area contributed by atoms with Gasteiger partial charge in [-0.1, -0.05) is 12.1 Å². The number of fused-ring (bicyclic) bond motifs is 1. The average molecular weight is 444 g/mol. The molecule has 11 heteroatoms. The first-order chi connectivity index (χ1) is 15.3. The Labute approximate surface area is 183 Å². The van der Waals surface area contributed by atoms with E-state index in [1.807, 2.05) is 0 Å². The van der Waals surface area contributed by atoms with E-state index in [-0.39, 0.29) is 35.6 Å². The number of nitrogens with zero attached hydrogens (tertiary/aromatic N) is 3. The van der Waals surface area contributed by atoms with Gasteiger partial charge >= 0.3 is 5.97 Å². The maximum absolute atomic E-state index is 13.3. The van der Waals surface area contributed by atoms with Crippen LogP contribution in [0.4, 0.5) is 5.69 Å². The van der Waals surface area contributed by atoms with Crippen molar-refractivity contribution < 1.29 is 28.3 Å². The fourth-order valence-corrected chi connectivity index (χ4v) is 3.32. The van der Waals surface area contributed by atoms with E-state index in [1.165, 1.54) is 18.8 Å². The van der Waals surface area contributed by atoms with Crippen LogP contribution in [0.5, 0.6) is 11.5 Å². The molecule has 170 valence electrons. The lowest BCUT2D eigenvalue weighted by atomic mass is 10.1. The molecule has 3 aromatic rings. The van der Waals surface area contributed by atoms with Crippen molar-refractivity contribution in [3.8, 4) is 11.5 Å². The third-order valence-corrected chi connectivity index (χ3v) is 4.81. The summed E-state index contributed by atoms with van der Waals surface area (Å²) in [5.41, 5.74) is -0.566. The number of rotatable bonds is 8. The van der Waals surface area contributed by atoms with Crippen LogP contribution in [0.3, 0.4) is 0 Å². The Kier molecular flexibility index (Phi) is 6.76. The standard InChI is InChI=1S/C21H24N4O7/c1-6-15(18(26)23-12-8-13(29-4)10-14(9-12)30-5)25-11(3)22-19-16(20(25)27)17(24-32-19)21(28)31-7-2/h8-10,15H,6-7H2,1-5H3,(H,23,26)/t15-/m1/s1. The molecule has 1 amide bonds. The van der Waals surface area contributed by atoms with Gasteiger partial charge in [0.15, 0.2) is 0 Å². The number of esters is 1. The molecule has 0 aliphatic rings. The van der Waals surface area contributed by atoms with E-state index in [1.54, 1.807) is 39.0 Å². The Morgan fingerprint density at radius 1 is 1.16 bits per heavy atom. The minimum atomic E-state index is -0.915. The maximum atomic E-state index is 13.3. The van der Waals surface area contributed by atoms with Crippen molar-refractivity contribution in [2.45, 2.75) is 33.2 Å². The summed E-state index contributed by atoms with van der Waals surface area (Å²) in [5.74, 6) is -0.0375. The first kappa shape index (κ1) is 22.8. The number of hydrogen-bond donors (Lipinski definition) is 1. The van der Waals surface area contributed by atoms with Crippen molar-refractivity contribution in [2.75, 3.05) is 26.1 Å². The highest BCUT2D eigenvalue weighted by Gasteiger charge is 2.28. The third-order valence-electron chi connectivity index (χ3n) is 4.81. The lowest BCUT2D eigenvalue weighted by molar-refractivity contribution is -0.119. The largest absolute Gasteiger partial charge is 0.497 e. The van der Waals surface area contributed by atoms with Crippen LogP contribution >= 0.6 is 0 Å². The second-order valence-electron chi connectivity index (χ2n) is 6.78. The summed E-state index contributed by atoms with van der Waals surface area (Å²) >= 11 is 0. The van der Waals surface area contributed by atoms with Gasteiger partial charge in [0, 0.05) is 23.9 Å². The molecule has 0 fully saturated rings. The number of methoxy groups -OCH3 is 2. The van der Waals surface area contributed by atoms with Crippen LogP contribution < -0.4 is 20.3 Å². The number of amides is 1. The van der Waals surface area contributed by atoms with Gasteiger partial charge in [-0.3, -0.25) is 14.2 Å². The molecule has 2 heterocycles. The van der Waals surface area contributed by atoms with Gasteiger partial charge in [0.1, 0.15) is 28.8 Å². The van der Waals surface area contributed by atoms with Crippen molar-refractivity contribution in [1.82, 2.24) is 14.7 Å². The van der Waals surface area contributed by atoms with Crippen LogP contribution in [0.1, 0.15) is 42.6 Å². The Hall–Kier alpha value is -3.89. The van der Waals surface area contributed by atoms with Crippen molar-refractivity contribution in [1.29, 1.82) is 0 Å². The lowest BCUT2D eigenvalue weighted by Crippen LogP contribution is -2.35. The van der Waals surface area contributed by atoms with E-state index in [9.17, 15) is 14.4 Å². The van der Waals surface area contributed by atoms with E-state index in [2.05, 4.69) is 15.5 Å². The summed E-state index contributed by atoms with van der Waals surface area (Å²) < 4.78 is 21.7. The van der Waals surface area contributed by atoms with Crippen LogP contribution in [-0.4, -0.2) is 47.4 Å². The molecule has 1 atom stereocenters. The molecule has 0 bridgehead atoms. The monoisotopic (exact) mass is 444 g/mol. The van der Waals surface area contributed by atoms with Crippen molar-refractivity contribution in [2.24, 2.45) is 0 Å². The maximum Gasteiger partial charge on any atom is 0.361 e. The van der Waals surface area contributed by atoms with Gasteiger partial charge in [-0.05, 0) is 20.3 Å². The van der Waals surface area contributed by atoms with Crippen LogP contribution in [0.2, 0.25) is 0 Å². The Morgan fingerprint density at radius 2 is 1.81 bits per heavy atom. The number of anilines is 1. The highest BCUT2D eigenvalue weighted by Crippen LogP contribution is 2.27. The Bertz CT molecular complexity index is 1190. The third kappa shape index (κ3) is 4.27. The smallest absolute Gasteiger partial charge is 0.361 e. The number of benzene rings is 1. The molecule has 2 aromatic heterocycles.